The molecule has 0 radical (unpaired) electrons. The Balaban J connectivity index is 1.94. The number of nitrogens with one attached hydrogen (secondary N) is 1. The summed E-state index contributed by atoms with van der Waals surface area (Å²) in [6, 6.07) is 8.86. The highest BCUT2D eigenvalue weighted by Crippen LogP contribution is 2.30. The van der Waals surface area contributed by atoms with E-state index in [1.807, 2.05) is 0 Å². The molecule has 0 fully saturated rings. The third-order valence-corrected chi connectivity index (χ3v) is 4.67. The van der Waals surface area contributed by atoms with Gasteiger partial charge in [-0.15, -0.1) is 0 Å². The Morgan fingerprint density at radius 1 is 1.29 bits per heavy atom. The van der Waals surface area contributed by atoms with Crippen molar-refractivity contribution in [1.29, 1.82) is 0 Å². The molecule has 1 heterocycles. The lowest BCUT2D eigenvalue weighted by atomic mass is 10.1. The fourth-order valence-electron chi connectivity index (χ4n) is 3.06. The first-order chi connectivity index (χ1) is 10.3. The molecule has 2 aromatic rings. The summed E-state index contributed by atoms with van der Waals surface area (Å²) in [5, 5.41) is 8.34. The summed E-state index contributed by atoms with van der Waals surface area (Å²) in [6.07, 6.45) is 8.12. The molecule has 0 amide bonds. The standard InChI is InChI=1S/C17H22BrN3/c1-2-11-19-16-5-3-4-6-17-15(16)12-20-21(17)14-9-7-13(18)8-10-14/h7-10,12,16,19H,2-6,11H2,1H3. The maximum Gasteiger partial charge on any atom is 0.0649 e. The van der Waals surface area contributed by atoms with Crippen molar-refractivity contribution in [3.05, 3.63) is 46.2 Å². The summed E-state index contributed by atoms with van der Waals surface area (Å²) in [6.45, 7) is 3.30. The topological polar surface area (TPSA) is 29.9 Å². The van der Waals surface area contributed by atoms with Gasteiger partial charge in [0.05, 0.1) is 11.9 Å². The van der Waals surface area contributed by atoms with Crippen LogP contribution >= 0.6 is 15.9 Å². The van der Waals surface area contributed by atoms with Crippen LogP contribution in [-0.2, 0) is 6.42 Å². The number of fused-ring (bicyclic) bond motifs is 1. The van der Waals surface area contributed by atoms with E-state index in [4.69, 9.17) is 0 Å². The van der Waals surface area contributed by atoms with E-state index in [1.54, 1.807) is 0 Å². The van der Waals surface area contributed by atoms with Gasteiger partial charge in [0, 0.05) is 21.8 Å². The molecular formula is C17H22BrN3. The lowest BCUT2D eigenvalue weighted by molar-refractivity contribution is 0.489. The molecule has 1 aliphatic rings. The van der Waals surface area contributed by atoms with Crippen LogP contribution in [-0.4, -0.2) is 16.3 Å². The fourth-order valence-corrected chi connectivity index (χ4v) is 3.32. The Kier molecular flexibility index (Phi) is 4.76. The second-order valence-electron chi connectivity index (χ2n) is 5.69. The highest BCUT2D eigenvalue weighted by Gasteiger charge is 2.22. The van der Waals surface area contributed by atoms with Crippen molar-refractivity contribution >= 4 is 15.9 Å². The van der Waals surface area contributed by atoms with Gasteiger partial charge in [-0.3, -0.25) is 0 Å². The Bertz CT molecular complexity index is 589. The summed E-state index contributed by atoms with van der Waals surface area (Å²) in [5.74, 6) is 0. The molecule has 0 saturated heterocycles. The molecule has 1 aromatic carbocycles. The minimum Gasteiger partial charge on any atom is -0.310 e. The van der Waals surface area contributed by atoms with Gasteiger partial charge in [-0.05, 0) is 56.5 Å². The predicted molar refractivity (Wildman–Crippen MR) is 89.9 cm³/mol. The highest BCUT2D eigenvalue weighted by atomic mass is 79.9. The molecule has 4 heteroatoms. The van der Waals surface area contributed by atoms with Crippen LogP contribution in [0.3, 0.4) is 0 Å². The van der Waals surface area contributed by atoms with E-state index in [9.17, 15) is 0 Å². The van der Waals surface area contributed by atoms with Crippen molar-refractivity contribution in [3.8, 4) is 5.69 Å². The van der Waals surface area contributed by atoms with Gasteiger partial charge < -0.3 is 5.32 Å². The number of nitrogens with zero attached hydrogens (tertiary/aromatic N) is 2. The Hall–Kier alpha value is -1.13. The van der Waals surface area contributed by atoms with E-state index in [-0.39, 0.29) is 0 Å². The Morgan fingerprint density at radius 3 is 2.86 bits per heavy atom. The molecule has 0 bridgehead atoms. The monoisotopic (exact) mass is 347 g/mol. The number of rotatable bonds is 4. The largest absolute Gasteiger partial charge is 0.310 e. The van der Waals surface area contributed by atoms with E-state index >= 15 is 0 Å². The number of hydrogen-bond acceptors (Lipinski definition) is 2. The van der Waals surface area contributed by atoms with Crippen molar-refractivity contribution < 1.29 is 0 Å². The zero-order valence-electron chi connectivity index (χ0n) is 12.5. The second kappa shape index (κ2) is 6.75. The second-order valence-corrected chi connectivity index (χ2v) is 6.60. The van der Waals surface area contributed by atoms with Gasteiger partial charge in [0.15, 0.2) is 0 Å². The molecule has 0 spiro atoms. The van der Waals surface area contributed by atoms with Crippen LogP contribution in [0.15, 0.2) is 34.9 Å². The zero-order chi connectivity index (χ0) is 14.7. The first-order valence-electron chi connectivity index (χ1n) is 7.85. The van der Waals surface area contributed by atoms with Crippen LogP contribution in [0, 0.1) is 0 Å². The zero-order valence-corrected chi connectivity index (χ0v) is 14.1. The van der Waals surface area contributed by atoms with E-state index in [0.717, 1.165) is 23.1 Å². The van der Waals surface area contributed by atoms with Gasteiger partial charge in [-0.25, -0.2) is 4.68 Å². The van der Waals surface area contributed by atoms with Crippen LogP contribution in [0.1, 0.15) is 49.9 Å². The molecule has 1 N–H and O–H groups in total. The van der Waals surface area contributed by atoms with Crippen LogP contribution < -0.4 is 5.32 Å². The first-order valence-corrected chi connectivity index (χ1v) is 8.65. The van der Waals surface area contributed by atoms with Gasteiger partial charge in [0.2, 0.25) is 0 Å². The smallest absolute Gasteiger partial charge is 0.0649 e. The van der Waals surface area contributed by atoms with Crippen LogP contribution in [0.4, 0.5) is 0 Å². The van der Waals surface area contributed by atoms with Crippen LogP contribution in [0.2, 0.25) is 0 Å². The minimum atomic E-state index is 0.464. The Morgan fingerprint density at radius 2 is 2.10 bits per heavy atom. The van der Waals surface area contributed by atoms with Gasteiger partial charge in [0.1, 0.15) is 0 Å². The molecule has 0 aliphatic heterocycles. The number of aromatic nitrogens is 2. The quantitative estimate of drug-likeness (QED) is 0.830. The summed E-state index contributed by atoms with van der Waals surface area (Å²) in [4.78, 5) is 0. The summed E-state index contributed by atoms with van der Waals surface area (Å²) in [7, 11) is 0. The van der Waals surface area contributed by atoms with Crippen LogP contribution in [0.25, 0.3) is 5.69 Å². The normalized spacial score (nSPS) is 18.3. The highest BCUT2D eigenvalue weighted by molar-refractivity contribution is 9.10. The van der Waals surface area contributed by atoms with Crippen molar-refractivity contribution in [2.75, 3.05) is 6.54 Å². The van der Waals surface area contributed by atoms with Gasteiger partial charge >= 0.3 is 0 Å². The van der Waals surface area contributed by atoms with E-state index in [2.05, 4.69) is 68.4 Å². The fraction of sp³-hybridized carbons (Fsp3) is 0.471. The van der Waals surface area contributed by atoms with Crippen molar-refractivity contribution in [2.45, 2.75) is 45.1 Å². The molecule has 21 heavy (non-hydrogen) atoms. The minimum absolute atomic E-state index is 0.464. The maximum absolute atomic E-state index is 4.66. The van der Waals surface area contributed by atoms with Gasteiger partial charge in [-0.2, -0.15) is 5.10 Å². The number of halogens is 1. The molecule has 0 saturated carbocycles. The average molecular weight is 348 g/mol. The summed E-state index contributed by atoms with van der Waals surface area (Å²) >= 11 is 3.49. The number of benzene rings is 1. The number of hydrogen-bond donors (Lipinski definition) is 1. The molecule has 1 aromatic heterocycles. The van der Waals surface area contributed by atoms with Crippen molar-refractivity contribution in [2.24, 2.45) is 0 Å². The predicted octanol–water partition coefficient (Wildman–Crippen LogP) is 4.40. The van der Waals surface area contributed by atoms with E-state index < -0.39 is 0 Å². The first kappa shape index (κ1) is 14.8. The molecule has 3 rings (SSSR count). The molecule has 1 unspecified atom stereocenters. The maximum atomic E-state index is 4.66. The third-order valence-electron chi connectivity index (χ3n) is 4.14. The SMILES string of the molecule is CCCNC1CCCCc2c1cnn2-c1ccc(Br)cc1. The third kappa shape index (κ3) is 3.22. The van der Waals surface area contributed by atoms with E-state index in [1.165, 1.54) is 36.9 Å². The molecule has 1 atom stereocenters. The molecular weight excluding hydrogens is 326 g/mol. The Labute approximate surface area is 134 Å². The lowest BCUT2D eigenvalue weighted by Crippen LogP contribution is -2.22. The summed E-state index contributed by atoms with van der Waals surface area (Å²) < 4.78 is 3.22. The molecule has 112 valence electrons. The van der Waals surface area contributed by atoms with Gasteiger partial charge in [0.25, 0.3) is 0 Å². The average Bonchev–Trinajstić information content (AvgIpc) is 2.81. The van der Waals surface area contributed by atoms with Crippen LogP contribution in [0.5, 0.6) is 0 Å². The molecule has 1 aliphatic carbocycles. The van der Waals surface area contributed by atoms with Gasteiger partial charge in [-0.1, -0.05) is 29.3 Å². The molecule has 3 nitrogen and oxygen atoms in total. The summed E-state index contributed by atoms with van der Waals surface area (Å²) in [5.41, 5.74) is 3.92. The van der Waals surface area contributed by atoms with Crippen molar-refractivity contribution in [3.63, 3.8) is 0 Å². The lowest BCUT2D eigenvalue weighted by Gasteiger charge is -2.16. The van der Waals surface area contributed by atoms with Crippen molar-refractivity contribution in [1.82, 2.24) is 15.1 Å². The van der Waals surface area contributed by atoms with E-state index in [0.29, 0.717) is 6.04 Å².